The molecule has 2 aromatic rings. The van der Waals surface area contributed by atoms with E-state index in [-0.39, 0.29) is 35.7 Å². The number of hydrogen-bond donors (Lipinski definition) is 2. The first-order valence-corrected chi connectivity index (χ1v) is 12.6. The SMILES string of the molecule is CCCN1C(=O)c2c(C(=O)NCCN3CCOCC3)ncn2C[C@]1(C)C(=O)NCc1ccc(C)cc1. The Bertz CT molecular complexity index is 1090. The average molecular weight is 497 g/mol. The van der Waals surface area contributed by atoms with E-state index in [0.29, 0.717) is 45.8 Å². The fourth-order valence-corrected chi connectivity index (χ4v) is 4.74. The number of aryl methyl sites for hydroxylation is 1. The van der Waals surface area contributed by atoms with Crippen LogP contribution in [0.4, 0.5) is 0 Å². The van der Waals surface area contributed by atoms with Crippen molar-refractivity contribution >= 4 is 17.7 Å². The zero-order valence-corrected chi connectivity index (χ0v) is 21.4. The van der Waals surface area contributed by atoms with Crippen LogP contribution in [0.5, 0.6) is 0 Å². The zero-order chi connectivity index (χ0) is 25.7. The van der Waals surface area contributed by atoms with Crippen LogP contribution in [0.2, 0.25) is 0 Å². The largest absolute Gasteiger partial charge is 0.379 e. The Kier molecular flexibility index (Phi) is 8.05. The van der Waals surface area contributed by atoms with Crippen LogP contribution in [0.1, 0.15) is 52.4 Å². The van der Waals surface area contributed by atoms with Gasteiger partial charge in [0.05, 0.1) is 26.1 Å². The van der Waals surface area contributed by atoms with Gasteiger partial charge in [0.1, 0.15) is 11.2 Å². The number of carbonyl (C=O) groups is 3. The van der Waals surface area contributed by atoms with E-state index in [4.69, 9.17) is 4.74 Å². The van der Waals surface area contributed by atoms with Crippen molar-refractivity contribution in [2.24, 2.45) is 0 Å². The molecule has 1 fully saturated rings. The Morgan fingerprint density at radius 2 is 1.83 bits per heavy atom. The summed E-state index contributed by atoms with van der Waals surface area (Å²) in [5.41, 5.74) is 1.37. The fraction of sp³-hybridized carbons (Fsp3) is 0.538. The van der Waals surface area contributed by atoms with E-state index >= 15 is 0 Å². The number of fused-ring (bicyclic) bond motifs is 1. The van der Waals surface area contributed by atoms with Gasteiger partial charge in [-0.25, -0.2) is 4.98 Å². The highest BCUT2D eigenvalue weighted by Gasteiger charge is 2.48. The van der Waals surface area contributed by atoms with Crippen LogP contribution in [0.25, 0.3) is 0 Å². The lowest BCUT2D eigenvalue weighted by Gasteiger charge is -2.43. The van der Waals surface area contributed by atoms with E-state index < -0.39 is 5.54 Å². The third-order valence-electron chi connectivity index (χ3n) is 6.90. The van der Waals surface area contributed by atoms with Crippen molar-refractivity contribution in [3.05, 3.63) is 53.1 Å². The molecule has 1 saturated heterocycles. The molecule has 2 N–H and O–H groups in total. The highest BCUT2D eigenvalue weighted by Crippen LogP contribution is 2.29. The summed E-state index contributed by atoms with van der Waals surface area (Å²) >= 11 is 0. The number of benzene rings is 1. The van der Waals surface area contributed by atoms with Crippen LogP contribution in [-0.2, 0) is 22.6 Å². The van der Waals surface area contributed by atoms with E-state index in [0.717, 1.165) is 24.2 Å². The molecule has 1 atom stereocenters. The molecule has 10 heteroatoms. The average Bonchev–Trinajstić information content (AvgIpc) is 3.30. The second-order valence-corrected chi connectivity index (χ2v) is 9.68. The van der Waals surface area contributed by atoms with Crippen LogP contribution >= 0.6 is 0 Å². The number of carbonyl (C=O) groups excluding carboxylic acids is 3. The molecule has 1 aromatic carbocycles. The maximum Gasteiger partial charge on any atom is 0.273 e. The summed E-state index contributed by atoms with van der Waals surface area (Å²) in [5, 5.41) is 5.89. The molecule has 36 heavy (non-hydrogen) atoms. The summed E-state index contributed by atoms with van der Waals surface area (Å²) in [4.78, 5) is 48.0. The number of nitrogens with one attached hydrogen (secondary N) is 2. The molecule has 0 aliphatic carbocycles. The summed E-state index contributed by atoms with van der Waals surface area (Å²) in [6, 6.07) is 7.96. The van der Waals surface area contributed by atoms with Gasteiger partial charge in [-0.1, -0.05) is 36.8 Å². The first-order valence-electron chi connectivity index (χ1n) is 12.6. The van der Waals surface area contributed by atoms with Crippen molar-refractivity contribution in [2.45, 2.75) is 45.8 Å². The van der Waals surface area contributed by atoms with Crippen molar-refractivity contribution in [3.8, 4) is 0 Å². The lowest BCUT2D eigenvalue weighted by Crippen LogP contribution is -2.64. The first-order chi connectivity index (χ1) is 17.3. The molecule has 2 aliphatic heterocycles. The normalized spacial score (nSPS) is 20.2. The summed E-state index contributed by atoms with van der Waals surface area (Å²) in [6.07, 6.45) is 2.17. The van der Waals surface area contributed by atoms with Crippen molar-refractivity contribution < 1.29 is 19.1 Å². The van der Waals surface area contributed by atoms with Crippen LogP contribution in [0.15, 0.2) is 30.6 Å². The maximum atomic E-state index is 13.6. The molecular formula is C26H36N6O4. The number of aromatic nitrogens is 2. The Hall–Kier alpha value is -3.24. The van der Waals surface area contributed by atoms with E-state index in [1.807, 2.05) is 38.1 Å². The number of amides is 3. The molecule has 0 saturated carbocycles. The molecule has 0 radical (unpaired) electrons. The minimum absolute atomic E-state index is 0.102. The number of nitrogens with zero attached hydrogens (tertiary/aromatic N) is 4. The summed E-state index contributed by atoms with van der Waals surface area (Å²) in [5.74, 6) is -0.970. The molecule has 4 rings (SSSR count). The van der Waals surface area contributed by atoms with Gasteiger partial charge in [-0.15, -0.1) is 0 Å². The molecule has 0 unspecified atom stereocenters. The predicted molar refractivity (Wildman–Crippen MR) is 135 cm³/mol. The van der Waals surface area contributed by atoms with Crippen molar-refractivity contribution in [3.63, 3.8) is 0 Å². The molecule has 10 nitrogen and oxygen atoms in total. The van der Waals surface area contributed by atoms with Gasteiger partial charge in [0, 0.05) is 39.3 Å². The molecular weight excluding hydrogens is 460 g/mol. The van der Waals surface area contributed by atoms with Gasteiger partial charge in [-0.05, 0) is 25.8 Å². The van der Waals surface area contributed by atoms with Crippen LogP contribution in [-0.4, -0.2) is 88.5 Å². The molecule has 0 spiro atoms. The molecule has 3 heterocycles. The number of morpholine rings is 1. The van der Waals surface area contributed by atoms with Crippen LogP contribution < -0.4 is 10.6 Å². The highest BCUT2D eigenvalue weighted by molar-refractivity contribution is 6.07. The Morgan fingerprint density at radius 3 is 2.53 bits per heavy atom. The molecule has 3 amide bonds. The van der Waals surface area contributed by atoms with Crippen molar-refractivity contribution in [2.75, 3.05) is 45.9 Å². The van der Waals surface area contributed by atoms with Gasteiger partial charge in [0.25, 0.3) is 11.8 Å². The van der Waals surface area contributed by atoms with Gasteiger partial charge < -0.3 is 24.8 Å². The molecule has 1 aromatic heterocycles. The predicted octanol–water partition coefficient (Wildman–Crippen LogP) is 1.19. The van der Waals surface area contributed by atoms with E-state index in [1.165, 1.54) is 6.33 Å². The zero-order valence-electron chi connectivity index (χ0n) is 21.4. The van der Waals surface area contributed by atoms with Gasteiger partial charge in [-0.3, -0.25) is 19.3 Å². The fourth-order valence-electron chi connectivity index (χ4n) is 4.74. The third kappa shape index (κ3) is 5.44. The van der Waals surface area contributed by atoms with Crippen LogP contribution in [0.3, 0.4) is 0 Å². The quantitative estimate of drug-likeness (QED) is 0.540. The Labute approximate surface area is 212 Å². The number of imidazole rings is 1. The van der Waals surface area contributed by atoms with Gasteiger partial charge in [0.2, 0.25) is 5.91 Å². The third-order valence-corrected chi connectivity index (χ3v) is 6.90. The molecule has 194 valence electrons. The van der Waals surface area contributed by atoms with Crippen molar-refractivity contribution in [1.82, 2.24) is 30.0 Å². The first kappa shape index (κ1) is 25.8. The van der Waals surface area contributed by atoms with Gasteiger partial charge in [0.15, 0.2) is 5.69 Å². The minimum Gasteiger partial charge on any atom is -0.379 e. The van der Waals surface area contributed by atoms with Gasteiger partial charge >= 0.3 is 0 Å². The minimum atomic E-state index is -1.10. The van der Waals surface area contributed by atoms with Crippen LogP contribution in [0, 0.1) is 6.92 Å². The summed E-state index contributed by atoms with van der Waals surface area (Å²) < 4.78 is 6.99. The lowest BCUT2D eigenvalue weighted by atomic mass is 9.93. The highest BCUT2D eigenvalue weighted by atomic mass is 16.5. The lowest BCUT2D eigenvalue weighted by molar-refractivity contribution is -0.133. The standard InChI is InChI=1S/C26H36N6O4/c1-4-10-32-24(34)22-21(23(33)27-9-11-30-12-14-36-15-13-30)29-18-31(22)17-26(32,3)25(35)28-16-20-7-5-19(2)6-8-20/h5-8,18H,4,9-17H2,1-3H3,(H,27,33)(H,28,35)/t26-/m1/s1. The topological polar surface area (TPSA) is 109 Å². The monoisotopic (exact) mass is 496 g/mol. The van der Waals surface area contributed by atoms with E-state index in [1.54, 1.807) is 16.4 Å². The second kappa shape index (κ2) is 11.2. The Morgan fingerprint density at radius 1 is 1.11 bits per heavy atom. The van der Waals surface area contributed by atoms with E-state index in [9.17, 15) is 14.4 Å². The van der Waals surface area contributed by atoms with Gasteiger partial charge in [-0.2, -0.15) is 0 Å². The Balaban J connectivity index is 1.46. The summed E-state index contributed by atoms with van der Waals surface area (Å²) in [6.45, 7) is 11.0. The molecule has 0 bridgehead atoms. The van der Waals surface area contributed by atoms with E-state index in [2.05, 4.69) is 20.5 Å². The maximum absolute atomic E-state index is 13.6. The summed E-state index contributed by atoms with van der Waals surface area (Å²) in [7, 11) is 0. The smallest absolute Gasteiger partial charge is 0.273 e. The number of ether oxygens (including phenoxy) is 1. The number of hydrogen-bond acceptors (Lipinski definition) is 6. The molecule has 2 aliphatic rings. The van der Waals surface area contributed by atoms with Crippen molar-refractivity contribution in [1.29, 1.82) is 0 Å². The number of rotatable bonds is 9. The second-order valence-electron chi connectivity index (χ2n) is 9.68.